The Bertz CT molecular complexity index is 1250. The number of aromatic nitrogens is 2. The van der Waals surface area contributed by atoms with Crippen molar-refractivity contribution in [3.8, 4) is 22.4 Å². The summed E-state index contributed by atoms with van der Waals surface area (Å²) < 4.78 is 8.42. The summed E-state index contributed by atoms with van der Waals surface area (Å²) >= 11 is 1.83. The van der Waals surface area contributed by atoms with Crippen LogP contribution in [0.1, 0.15) is 17.7 Å². The molecule has 0 amide bonds. The van der Waals surface area contributed by atoms with Crippen LogP contribution in [0.3, 0.4) is 0 Å². The number of aryl methyl sites for hydroxylation is 2. The van der Waals surface area contributed by atoms with Gasteiger partial charge in [0.1, 0.15) is 5.69 Å². The molecule has 5 heteroatoms. The average Bonchev–Trinajstić information content (AvgIpc) is 3.14. The van der Waals surface area contributed by atoms with E-state index in [1.165, 1.54) is 37.7 Å². The maximum absolute atomic E-state index is 6.24. The zero-order valence-electron chi connectivity index (χ0n) is 19.9. The second-order valence-corrected chi connectivity index (χ2v) is 10.0. The largest absolute Gasteiger partial charge is 0.375 e. The van der Waals surface area contributed by atoms with Crippen LogP contribution in [0.25, 0.3) is 22.4 Å². The molecule has 0 atom stereocenters. The van der Waals surface area contributed by atoms with Crippen molar-refractivity contribution in [3.05, 3.63) is 90.1 Å². The third-order valence-corrected chi connectivity index (χ3v) is 7.32. The molecular formula is C29H31N3OS. The fourth-order valence-corrected chi connectivity index (χ4v) is 5.55. The zero-order valence-corrected chi connectivity index (χ0v) is 20.7. The zero-order chi connectivity index (χ0) is 23.3. The Morgan fingerprint density at radius 2 is 1.53 bits per heavy atom. The van der Waals surface area contributed by atoms with Gasteiger partial charge in [0.25, 0.3) is 0 Å². The molecule has 3 aromatic carbocycles. The van der Waals surface area contributed by atoms with Gasteiger partial charge in [0, 0.05) is 34.1 Å². The predicted molar refractivity (Wildman–Crippen MR) is 140 cm³/mol. The minimum Gasteiger partial charge on any atom is -0.375 e. The number of nitrogens with zero attached hydrogens (tertiary/aromatic N) is 3. The maximum atomic E-state index is 6.24. The van der Waals surface area contributed by atoms with Gasteiger partial charge >= 0.3 is 0 Å². The molecule has 0 N–H and O–H groups in total. The third-order valence-electron chi connectivity index (χ3n) is 6.16. The summed E-state index contributed by atoms with van der Waals surface area (Å²) in [7, 11) is 4.20. The second-order valence-electron chi connectivity index (χ2n) is 8.93. The number of hydrogen-bond donors (Lipinski definition) is 0. The van der Waals surface area contributed by atoms with E-state index in [1.54, 1.807) is 0 Å². The molecule has 4 aromatic rings. The molecule has 0 radical (unpaired) electrons. The van der Waals surface area contributed by atoms with Gasteiger partial charge in [-0.1, -0.05) is 78.5 Å². The lowest BCUT2D eigenvalue weighted by atomic mass is 9.99. The first-order valence-electron chi connectivity index (χ1n) is 11.9. The summed E-state index contributed by atoms with van der Waals surface area (Å²) in [5.74, 6) is 0. The van der Waals surface area contributed by atoms with Crippen molar-refractivity contribution in [1.29, 1.82) is 0 Å². The fraction of sp³-hybridized carbons (Fsp3) is 0.276. The van der Waals surface area contributed by atoms with Gasteiger partial charge in [0.15, 0.2) is 0 Å². The van der Waals surface area contributed by atoms with Crippen molar-refractivity contribution in [2.24, 2.45) is 0 Å². The van der Waals surface area contributed by atoms with E-state index in [0.29, 0.717) is 6.61 Å². The first kappa shape index (κ1) is 22.9. The van der Waals surface area contributed by atoms with E-state index in [-0.39, 0.29) is 0 Å². The molecule has 0 bridgehead atoms. The highest BCUT2D eigenvalue weighted by Crippen LogP contribution is 2.48. The lowest BCUT2D eigenvalue weighted by Crippen LogP contribution is -2.15. The van der Waals surface area contributed by atoms with Crippen molar-refractivity contribution in [2.45, 2.75) is 35.8 Å². The number of benzene rings is 3. The van der Waals surface area contributed by atoms with E-state index in [0.717, 1.165) is 38.2 Å². The summed E-state index contributed by atoms with van der Waals surface area (Å²) in [6.45, 7) is 3.15. The fourth-order valence-electron chi connectivity index (χ4n) is 4.46. The SMILES string of the molecule is CN(C)CCCOCc1c2c(nn1CCc1ccccc1)-c1ccccc1Sc1ccccc1-2. The Labute approximate surface area is 206 Å². The van der Waals surface area contributed by atoms with Crippen LogP contribution in [0.4, 0.5) is 0 Å². The van der Waals surface area contributed by atoms with E-state index in [1.807, 2.05) is 11.8 Å². The van der Waals surface area contributed by atoms with Gasteiger partial charge in [-0.2, -0.15) is 5.10 Å². The molecule has 1 aliphatic rings. The quantitative estimate of drug-likeness (QED) is 0.234. The Kier molecular flexibility index (Phi) is 7.14. The van der Waals surface area contributed by atoms with Crippen LogP contribution in [-0.4, -0.2) is 41.9 Å². The first-order valence-corrected chi connectivity index (χ1v) is 12.7. The molecule has 0 fully saturated rings. The molecule has 0 aliphatic carbocycles. The van der Waals surface area contributed by atoms with Gasteiger partial charge < -0.3 is 9.64 Å². The lowest BCUT2D eigenvalue weighted by molar-refractivity contribution is 0.108. The van der Waals surface area contributed by atoms with Gasteiger partial charge in [0.2, 0.25) is 0 Å². The minimum atomic E-state index is 0.561. The van der Waals surface area contributed by atoms with Gasteiger partial charge in [-0.15, -0.1) is 0 Å². The van der Waals surface area contributed by atoms with E-state index in [2.05, 4.69) is 103 Å². The predicted octanol–water partition coefficient (Wildman–Crippen LogP) is 6.39. The Morgan fingerprint density at radius 3 is 2.29 bits per heavy atom. The molecule has 0 unspecified atom stereocenters. The maximum Gasteiger partial charge on any atom is 0.102 e. The molecule has 5 rings (SSSR count). The Morgan fingerprint density at radius 1 is 0.853 bits per heavy atom. The minimum absolute atomic E-state index is 0.561. The van der Waals surface area contributed by atoms with Crippen LogP contribution in [-0.2, 0) is 24.3 Å². The van der Waals surface area contributed by atoms with E-state index < -0.39 is 0 Å². The summed E-state index contributed by atoms with van der Waals surface area (Å²) in [4.78, 5) is 4.72. The van der Waals surface area contributed by atoms with E-state index in [4.69, 9.17) is 9.84 Å². The van der Waals surface area contributed by atoms with Gasteiger partial charge in [-0.05, 0) is 56.7 Å². The molecule has 1 aliphatic heterocycles. The molecule has 1 aromatic heterocycles. The van der Waals surface area contributed by atoms with Crippen molar-refractivity contribution < 1.29 is 4.74 Å². The third kappa shape index (κ3) is 4.97. The normalized spacial score (nSPS) is 12.2. The van der Waals surface area contributed by atoms with Crippen molar-refractivity contribution in [1.82, 2.24) is 14.7 Å². The molecular weight excluding hydrogens is 438 g/mol. The average molecular weight is 470 g/mol. The van der Waals surface area contributed by atoms with E-state index >= 15 is 0 Å². The standard InChI is InChI=1S/C29H31N3OS/c1-31(2)18-10-20-33-21-25-28-23-13-6-8-15-26(23)34-27-16-9-7-14-24(27)29(28)30-32(25)19-17-22-11-4-3-5-12-22/h3-9,11-16H,10,17-21H2,1-2H3. The monoisotopic (exact) mass is 469 g/mol. The summed E-state index contributed by atoms with van der Waals surface area (Å²) in [6, 6.07) is 28.0. The summed E-state index contributed by atoms with van der Waals surface area (Å²) in [5.41, 5.74) is 7.22. The topological polar surface area (TPSA) is 30.3 Å². The van der Waals surface area contributed by atoms with E-state index in [9.17, 15) is 0 Å². The van der Waals surface area contributed by atoms with Crippen LogP contribution < -0.4 is 0 Å². The smallest absolute Gasteiger partial charge is 0.102 e. The van der Waals surface area contributed by atoms with Crippen molar-refractivity contribution in [3.63, 3.8) is 0 Å². The van der Waals surface area contributed by atoms with Crippen LogP contribution in [0, 0.1) is 0 Å². The van der Waals surface area contributed by atoms with Crippen molar-refractivity contribution in [2.75, 3.05) is 27.2 Å². The highest BCUT2D eigenvalue weighted by atomic mass is 32.2. The second kappa shape index (κ2) is 10.6. The molecule has 0 spiro atoms. The summed E-state index contributed by atoms with van der Waals surface area (Å²) in [5, 5.41) is 5.21. The van der Waals surface area contributed by atoms with Gasteiger partial charge in [-0.3, -0.25) is 4.68 Å². The molecule has 4 nitrogen and oxygen atoms in total. The molecule has 0 saturated carbocycles. The first-order chi connectivity index (χ1) is 16.7. The lowest BCUT2D eigenvalue weighted by Gasteiger charge is -2.13. The van der Waals surface area contributed by atoms with Crippen molar-refractivity contribution >= 4 is 11.8 Å². The van der Waals surface area contributed by atoms with Crippen LogP contribution >= 0.6 is 11.8 Å². The number of hydrogen-bond acceptors (Lipinski definition) is 4. The summed E-state index contributed by atoms with van der Waals surface area (Å²) in [6.07, 6.45) is 1.95. The molecule has 174 valence electrons. The number of fused-ring (bicyclic) bond motifs is 5. The highest BCUT2D eigenvalue weighted by molar-refractivity contribution is 7.99. The van der Waals surface area contributed by atoms with Crippen LogP contribution in [0.2, 0.25) is 0 Å². The number of rotatable bonds is 9. The van der Waals surface area contributed by atoms with Gasteiger partial charge in [0.05, 0.1) is 12.3 Å². The molecule has 34 heavy (non-hydrogen) atoms. The Hall–Kier alpha value is -2.86. The highest BCUT2D eigenvalue weighted by Gasteiger charge is 2.27. The number of ether oxygens (including phenoxy) is 1. The molecule has 0 saturated heterocycles. The van der Waals surface area contributed by atoms with Crippen LogP contribution in [0.15, 0.2) is 88.7 Å². The van der Waals surface area contributed by atoms with Crippen LogP contribution in [0.5, 0.6) is 0 Å². The molecule has 2 heterocycles. The Balaban J connectivity index is 1.55. The van der Waals surface area contributed by atoms with Gasteiger partial charge in [-0.25, -0.2) is 0 Å².